The zero-order valence-electron chi connectivity index (χ0n) is 13.6. The van der Waals surface area contributed by atoms with Crippen LogP contribution in [0.25, 0.3) is 0 Å². The third-order valence-electron chi connectivity index (χ3n) is 5.63. The summed E-state index contributed by atoms with van der Waals surface area (Å²) in [6.45, 7) is 2.62. The second-order valence-electron chi connectivity index (χ2n) is 7.37. The Kier molecular flexibility index (Phi) is 4.32. The quantitative estimate of drug-likeness (QED) is 0.781. The van der Waals surface area contributed by atoms with E-state index < -0.39 is 0 Å². The molecule has 4 nitrogen and oxygen atoms in total. The number of carbonyl (C=O) groups excluding carboxylic acids is 1. The first kappa shape index (κ1) is 16.2. The van der Waals surface area contributed by atoms with E-state index in [2.05, 4.69) is 10.6 Å². The lowest BCUT2D eigenvalue weighted by atomic mass is 9.86. The summed E-state index contributed by atoms with van der Waals surface area (Å²) >= 11 is 0. The van der Waals surface area contributed by atoms with Gasteiger partial charge in [0, 0.05) is 23.4 Å². The van der Waals surface area contributed by atoms with Crippen molar-refractivity contribution in [2.75, 3.05) is 13.2 Å². The van der Waals surface area contributed by atoms with Gasteiger partial charge in [-0.05, 0) is 43.4 Å². The summed E-state index contributed by atoms with van der Waals surface area (Å²) in [4.78, 5) is 12.2. The van der Waals surface area contributed by atoms with Gasteiger partial charge in [0.15, 0.2) is 0 Å². The fourth-order valence-corrected chi connectivity index (χ4v) is 3.66. The first-order valence-electron chi connectivity index (χ1n) is 8.39. The minimum absolute atomic E-state index is 0.0109. The highest BCUT2D eigenvalue weighted by Gasteiger charge is 2.45. The van der Waals surface area contributed by atoms with Crippen LogP contribution in [0, 0.1) is 11.2 Å². The maximum atomic E-state index is 13.4. The molecule has 0 spiro atoms. The molecule has 2 saturated carbocycles. The molecule has 2 amide bonds. The summed E-state index contributed by atoms with van der Waals surface area (Å²) in [7, 11) is 0. The standard InChI is InChI=1S/C18H25FN2O2/c1-17(12-22)7-3-6-15(17)21-16(23)20-11-18(8-9-18)13-4-2-5-14(19)10-13/h2,4-5,10,15,22H,3,6-9,11-12H2,1H3,(H2,20,21,23). The predicted octanol–water partition coefficient (Wildman–Crippen LogP) is 2.71. The number of nitrogens with one attached hydrogen (secondary N) is 2. The molecule has 126 valence electrons. The SMILES string of the molecule is CC1(CO)CCCC1NC(=O)NCC1(c2cccc(F)c2)CC1. The van der Waals surface area contributed by atoms with E-state index in [0.29, 0.717) is 6.54 Å². The number of urea groups is 1. The second kappa shape index (κ2) is 6.11. The Morgan fingerprint density at radius 3 is 2.83 bits per heavy atom. The van der Waals surface area contributed by atoms with E-state index in [-0.39, 0.29) is 35.3 Å². The van der Waals surface area contributed by atoms with E-state index in [1.807, 2.05) is 13.0 Å². The lowest BCUT2D eigenvalue weighted by molar-refractivity contribution is 0.121. The number of benzene rings is 1. The smallest absolute Gasteiger partial charge is 0.315 e. The Hall–Kier alpha value is -1.62. The van der Waals surface area contributed by atoms with Crippen molar-refractivity contribution in [3.05, 3.63) is 35.6 Å². The number of aliphatic hydroxyl groups excluding tert-OH is 1. The van der Waals surface area contributed by atoms with Crippen LogP contribution in [0.15, 0.2) is 24.3 Å². The molecule has 2 unspecified atom stereocenters. The number of carbonyl (C=O) groups is 1. The average Bonchev–Trinajstić information content (AvgIpc) is 3.25. The molecule has 0 aromatic heterocycles. The van der Waals surface area contributed by atoms with Gasteiger partial charge in [0.2, 0.25) is 0 Å². The Morgan fingerprint density at radius 1 is 1.39 bits per heavy atom. The summed E-state index contributed by atoms with van der Waals surface area (Å²) in [6, 6.07) is 6.46. The molecule has 2 aliphatic rings. The van der Waals surface area contributed by atoms with Crippen LogP contribution in [0.5, 0.6) is 0 Å². The van der Waals surface area contributed by atoms with Crippen molar-refractivity contribution in [3.8, 4) is 0 Å². The van der Waals surface area contributed by atoms with E-state index in [4.69, 9.17) is 0 Å². The van der Waals surface area contributed by atoms with Crippen LogP contribution in [0.1, 0.15) is 44.6 Å². The van der Waals surface area contributed by atoms with Crippen LogP contribution >= 0.6 is 0 Å². The number of rotatable bonds is 5. The second-order valence-corrected chi connectivity index (χ2v) is 7.37. The Labute approximate surface area is 136 Å². The largest absolute Gasteiger partial charge is 0.396 e. The molecule has 0 radical (unpaired) electrons. The van der Waals surface area contributed by atoms with Crippen LogP contribution in [0.4, 0.5) is 9.18 Å². The van der Waals surface area contributed by atoms with Crippen LogP contribution in [0.2, 0.25) is 0 Å². The zero-order valence-corrected chi connectivity index (χ0v) is 13.6. The molecule has 0 bridgehead atoms. The maximum absolute atomic E-state index is 13.4. The van der Waals surface area contributed by atoms with Crippen molar-refractivity contribution in [3.63, 3.8) is 0 Å². The number of halogens is 1. The highest BCUT2D eigenvalue weighted by Crippen LogP contribution is 2.47. The minimum atomic E-state index is -0.233. The van der Waals surface area contributed by atoms with Crippen LogP contribution in [-0.2, 0) is 5.41 Å². The van der Waals surface area contributed by atoms with Gasteiger partial charge in [-0.2, -0.15) is 0 Å². The molecule has 2 aliphatic carbocycles. The minimum Gasteiger partial charge on any atom is -0.396 e. The van der Waals surface area contributed by atoms with Crippen molar-refractivity contribution in [2.24, 2.45) is 5.41 Å². The van der Waals surface area contributed by atoms with E-state index in [9.17, 15) is 14.3 Å². The third kappa shape index (κ3) is 3.34. The number of amides is 2. The maximum Gasteiger partial charge on any atom is 0.315 e. The van der Waals surface area contributed by atoms with Crippen molar-refractivity contribution >= 4 is 6.03 Å². The van der Waals surface area contributed by atoms with E-state index in [1.165, 1.54) is 6.07 Å². The monoisotopic (exact) mass is 320 g/mol. The van der Waals surface area contributed by atoms with E-state index >= 15 is 0 Å². The van der Waals surface area contributed by atoms with Crippen LogP contribution in [-0.4, -0.2) is 30.3 Å². The average molecular weight is 320 g/mol. The van der Waals surface area contributed by atoms with Crippen molar-refractivity contribution in [2.45, 2.75) is 50.5 Å². The van der Waals surface area contributed by atoms with Gasteiger partial charge < -0.3 is 15.7 Å². The summed E-state index contributed by atoms with van der Waals surface area (Å²) < 4.78 is 13.4. The van der Waals surface area contributed by atoms with Gasteiger partial charge in [0.05, 0.1) is 6.61 Å². The van der Waals surface area contributed by atoms with Gasteiger partial charge >= 0.3 is 6.03 Å². The summed E-state index contributed by atoms with van der Waals surface area (Å²) in [5, 5.41) is 15.5. The number of hydrogen-bond acceptors (Lipinski definition) is 2. The molecule has 2 atom stereocenters. The van der Waals surface area contributed by atoms with Gasteiger partial charge in [-0.1, -0.05) is 25.5 Å². The van der Waals surface area contributed by atoms with Gasteiger partial charge in [-0.15, -0.1) is 0 Å². The normalized spacial score (nSPS) is 28.4. The molecule has 3 rings (SSSR count). The molecule has 3 N–H and O–H groups in total. The molecule has 2 fully saturated rings. The van der Waals surface area contributed by atoms with E-state index in [0.717, 1.165) is 37.7 Å². The lowest BCUT2D eigenvalue weighted by Gasteiger charge is -2.30. The summed E-state index contributed by atoms with van der Waals surface area (Å²) in [6.07, 6.45) is 4.79. The highest BCUT2D eigenvalue weighted by atomic mass is 19.1. The molecule has 1 aromatic rings. The van der Waals surface area contributed by atoms with Crippen molar-refractivity contribution < 1.29 is 14.3 Å². The molecule has 23 heavy (non-hydrogen) atoms. The van der Waals surface area contributed by atoms with Gasteiger partial charge in [-0.3, -0.25) is 0 Å². The van der Waals surface area contributed by atoms with Gasteiger partial charge in [-0.25, -0.2) is 9.18 Å². The zero-order chi connectivity index (χ0) is 16.5. The molecule has 0 heterocycles. The fourth-order valence-electron chi connectivity index (χ4n) is 3.66. The lowest BCUT2D eigenvalue weighted by Crippen LogP contribution is -2.49. The Bertz CT molecular complexity index is 588. The third-order valence-corrected chi connectivity index (χ3v) is 5.63. The van der Waals surface area contributed by atoms with Crippen molar-refractivity contribution in [1.82, 2.24) is 10.6 Å². The van der Waals surface area contributed by atoms with E-state index in [1.54, 1.807) is 12.1 Å². The molecular weight excluding hydrogens is 295 g/mol. The fraction of sp³-hybridized carbons (Fsp3) is 0.611. The Morgan fingerprint density at radius 2 is 2.17 bits per heavy atom. The number of hydrogen-bond donors (Lipinski definition) is 3. The number of aliphatic hydroxyl groups is 1. The van der Waals surface area contributed by atoms with Crippen LogP contribution in [0.3, 0.4) is 0 Å². The molecular formula is C18H25FN2O2. The highest BCUT2D eigenvalue weighted by molar-refractivity contribution is 5.74. The van der Waals surface area contributed by atoms with Gasteiger partial charge in [0.25, 0.3) is 0 Å². The Balaban J connectivity index is 1.55. The first-order valence-corrected chi connectivity index (χ1v) is 8.39. The summed E-state index contributed by atoms with van der Waals surface area (Å²) in [5.74, 6) is -0.233. The molecule has 1 aromatic carbocycles. The topological polar surface area (TPSA) is 61.4 Å². The summed E-state index contributed by atoms with van der Waals surface area (Å²) in [5.41, 5.74) is 0.617. The molecule has 0 aliphatic heterocycles. The van der Waals surface area contributed by atoms with Crippen LogP contribution < -0.4 is 10.6 Å². The first-order chi connectivity index (χ1) is 11.0. The molecule has 5 heteroatoms. The molecule has 0 saturated heterocycles. The van der Waals surface area contributed by atoms with Gasteiger partial charge in [0.1, 0.15) is 5.82 Å². The van der Waals surface area contributed by atoms with Crippen molar-refractivity contribution in [1.29, 1.82) is 0 Å². The predicted molar refractivity (Wildman–Crippen MR) is 86.7 cm³/mol.